The number of carbonyl (C=O) groups is 1. The second kappa shape index (κ2) is 6.59. The second-order valence-electron chi connectivity index (χ2n) is 7.92. The molecule has 1 aromatic heterocycles. The standard InChI is InChI=1S/C19H26N4O/c1-18(2,3)13-7-9-14(10-8-13)21-17-20-12-11-15(22-17)16(24)23-19(4,5)6/h7-12H,1-6H3,(H,23,24)(H,20,21,22). The summed E-state index contributed by atoms with van der Waals surface area (Å²) in [4.78, 5) is 20.7. The summed E-state index contributed by atoms with van der Waals surface area (Å²) in [5, 5.41) is 6.03. The molecule has 0 atom stereocenters. The fourth-order valence-electron chi connectivity index (χ4n) is 2.13. The van der Waals surface area contributed by atoms with Gasteiger partial charge in [-0.3, -0.25) is 4.79 Å². The first kappa shape index (κ1) is 17.9. The first-order valence-corrected chi connectivity index (χ1v) is 8.08. The molecular weight excluding hydrogens is 300 g/mol. The van der Waals surface area contributed by atoms with Gasteiger partial charge in [0.25, 0.3) is 5.91 Å². The zero-order valence-electron chi connectivity index (χ0n) is 15.3. The smallest absolute Gasteiger partial charge is 0.270 e. The molecule has 0 bridgehead atoms. The molecule has 0 radical (unpaired) electrons. The molecule has 0 fully saturated rings. The normalized spacial score (nSPS) is 11.9. The van der Waals surface area contributed by atoms with Crippen molar-refractivity contribution in [2.24, 2.45) is 0 Å². The van der Waals surface area contributed by atoms with Crippen molar-refractivity contribution in [1.29, 1.82) is 0 Å². The molecule has 128 valence electrons. The molecule has 0 unspecified atom stereocenters. The molecule has 0 aliphatic heterocycles. The average molecular weight is 326 g/mol. The Balaban J connectivity index is 2.13. The minimum Gasteiger partial charge on any atom is -0.346 e. The first-order valence-electron chi connectivity index (χ1n) is 8.08. The average Bonchev–Trinajstić information content (AvgIpc) is 2.45. The van der Waals surface area contributed by atoms with Gasteiger partial charge < -0.3 is 10.6 Å². The summed E-state index contributed by atoms with van der Waals surface area (Å²) in [7, 11) is 0. The van der Waals surface area contributed by atoms with E-state index in [1.54, 1.807) is 12.3 Å². The van der Waals surface area contributed by atoms with Crippen molar-refractivity contribution in [3.05, 3.63) is 47.8 Å². The summed E-state index contributed by atoms with van der Waals surface area (Å²) in [6, 6.07) is 9.75. The topological polar surface area (TPSA) is 66.9 Å². The van der Waals surface area contributed by atoms with Crippen molar-refractivity contribution in [3.63, 3.8) is 0 Å². The van der Waals surface area contributed by atoms with E-state index in [4.69, 9.17) is 0 Å². The van der Waals surface area contributed by atoms with Crippen molar-refractivity contribution in [3.8, 4) is 0 Å². The van der Waals surface area contributed by atoms with E-state index in [0.29, 0.717) is 11.6 Å². The third-order valence-corrected chi connectivity index (χ3v) is 3.38. The summed E-state index contributed by atoms with van der Waals surface area (Å²) in [6.07, 6.45) is 1.58. The lowest BCUT2D eigenvalue weighted by Crippen LogP contribution is -2.41. The Hall–Kier alpha value is -2.43. The lowest BCUT2D eigenvalue weighted by Gasteiger charge is -2.20. The number of anilines is 2. The third kappa shape index (κ3) is 5.05. The molecule has 0 aliphatic rings. The zero-order chi connectivity index (χ0) is 18.0. The predicted molar refractivity (Wildman–Crippen MR) is 97.7 cm³/mol. The maximum atomic E-state index is 12.2. The van der Waals surface area contributed by atoms with Gasteiger partial charge in [0.2, 0.25) is 5.95 Å². The van der Waals surface area contributed by atoms with Gasteiger partial charge in [0.05, 0.1) is 0 Å². The molecule has 1 amide bonds. The van der Waals surface area contributed by atoms with E-state index in [0.717, 1.165) is 5.69 Å². The Morgan fingerprint density at radius 3 is 2.12 bits per heavy atom. The summed E-state index contributed by atoms with van der Waals surface area (Å²) >= 11 is 0. The lowest BCUT2D eigenvalue weighted by atomic mass is 9.87. The number of carbonyl (C=O) groups excluding carboxylic acids is 1. The number of nitrogens with one attached hydrogen (secondary N) is 2. The van der Waals surface area contributed by atoms with E-state index in [1.165, 1.54) is 5.56 Å². The van der Waals surface area contributed by atoms with Gasteiger partial charge in [-0.15, -0.1) is 0 Å². The van der Waals surface area contributed by atoms with E-state index in [9.17, 15) is 4.79 Å². The Morgan fingerprint density at radius 2 is 1.58 bits per heavy atom. The highest BCUT2D eigenvalue weighted by atomic mass is 16.2. The molecule has 24 heavy (non-hydrogen) atoms. The molecule has 5 nitrogen and oxygen atoms in total. The molecule has 0 aliphatic carbocycles. The molecule has 0 spiro atoms. The highest BCUT2D eigenvalue weighted by molar-refractivity contribution is 5.92. The van der Waals surface area contributed by atoms with Crippen LogP contribution in [0.15, 0.2) is 36.5 Å². The van der Waals surface area contributed by atoms with Crippen LogP contribution in [0, 0.1) is 0 Å². The van der Waals surface area contributed by atoms with E-state index in [-0.39, 0.29) is 16.9 Å². The minimum atomic E-state index is -0.307. The van der Waals surface area contributed by atoms with Crippen molar-refractivity contribution in [1.82, 2.24) is 15.3 Å². The van der Waals surface area contributed by atoms with Gasteiger partial charge in [0.15, 0.2) is 0 Å². The summed E-state index contributed by atoms with van der Waals surface area (Å²) in [6.45, 7) is 12.3. The van der Waals surface area contributed by atoms with Crippen LogP contribution >= 0.6 is 0 Å². The second-order valence-corrected chi connectivity index (χ2v) is 7.92. The van der Waals surface area contributed by atoms with Gasteiger partial charge in [-0.2, -0.15) is 0 Å². The lowest BCUT2D eigenvalue weighted by molar-refractivity contribution is 0.0914. The molecule has 2 N–H and O–H groups in total. The van der Waals surface area contributed by atoms with E-state index in [2.05, 4.69) is 53.5 Å². The molecule has 5 heteroatoms. The predicted octanol–water partition coefficient (Wildman–Crippen LogP) is 4.05. The molecule has 0 saturated carbocycles. The quantitative estimate of drug-likeness (QED) is 0.893. The Bertz CT molecular complexity index is 709. The van der Waals surface area contributed by atoms with Crippen molar-refractivity contribution in [2.45, 2.75) is 52.5 Å². The summed E-state index contributed by atoms with van der Waals surface area (Å²) in [5.41, 5.74) is 2.29. The number of hydrogen-bond donors (Lipinski definition) is 2. The van der Waals surface area contributed by atoms with Crippen LogP contribution in [-0.2, 0) is 5.41 Å². The fraction of sp³-hybridized carbons (Fsp3) is 0.421. The maximum absolute atomic E-state index is 12.2. The number of hydrogen-bond acceptors (Lipinski definition) is 4. The molecule has 1 heterocycles. The number of nitrogens with zero attached hydrogens (tertiary/aromatic N) is 2. The number of rotatable bonds is 3. The van der Waals surface area contributed by atoms with Crippen molar-refractivity contribution in [2.75, 3.05) is 5.32 Å². The van der Waals surface area contributed by atoms with Crippen LogP contribution < -0.4 is 10.6 Å². The van der Waals surface area contributed by atoms with Crippen LogP contribution in [0.25, 0.3) is 0 Å². The van der Waals surface area contributed by atoms with Gasteiger partial charge in [-0.1, -0.05) is 32.9 Å². The minimum absolute atomic E-state index is 0.111. The Morgan fingerprint density at radius 1 is 0.958 bits per heavy atom. The van der Waals surface area contributed by atoms with Crippen LogP contribution in [0.4, 0.5) is 11.6 Å². The largest absolute Gasteiger partial charge is 0.346 e. The first-order chi connectivity index (χ1) is 11.0. The van der Waals surface area contributed by atoms with Gasteiger partial charge in [0.1, 0.15) is 5.69 Å². The van der Waals surface area contributed by atoms with Gasteiger partial charge in [0, 0.05) is 17.4 Å². The molecule has 0 saturated heterocycles. The van der Waals surface area contributed by atoms with Gasteiger partial charge in [-0.25, -0.2) is 9.97 Å². The van der Waals surface area contributed by atoms with Gasteiger partial charge in [-0.05, 0) is 49.9 Å². The third-order valence-electron chi connectivity index (χ3n) is 3.38. The molecule has 2 rings (SSSR count). The van der Waals surface area contributed by atoms with Gasteiger partial charge >= 0.3 is 0 Å². The number of aromatic nitrogens is 2. The number of amides is 1. The SMILES string of the molecule is CC(C)(C)NC(=O)c1ccnc(Nc2ccc(C(C)(C)C)cc2)n1. The zero-order valence-corrected chi connectivity index (χ0v) is 15.3. The summed E-state index contributed by atoms with van der Waals surface area (Å²) < 4.78 is 0. The molecular formula is C19H26N4O. The van der Waals surface area contributed by atoms with Crippen LogP contribution in [0.3, 0.4) is 0 Å². The van der Waals surface area contributed by atoms with E-state index in [1.807, 2.05) is 32.9 Å². The van der Waals surface area contributed by atoms with Crippen molar-refractivity contribution < 1.29 is 4.79 Å². The summed E-state index contributed by atoms with van der Waals surface area (Å²) in [5.74, 6) is 0.191. The Labute approximate surface area is 143 Å². The monoisotopic (exact) mass is 326 g/mol. The van der Waals surface area contributed by atoms with E-state index < -0.39 is 0 Å². The maximum Gasteiger partial charge on any atom is 0.270 e. The van der Waals surface area contributed by atoms with Crippen molar-refractivity contribution >= 4 is 17.5 Å². The number of benzene rings is 1. The fourth-order valence-corrected chi connectivity index (χ4v) is 2.13. The molecule has 2 aromatic rings. The Kier molecular flexibility index (Phi) is 4.92. The van der Waals surface area contributed by atoms with E-state index >= 15 is 0 Å². The van der Waals surface area contributed by atoms with Crippen LogP contribution in [-0.4, -0.2) is 21.4 Å². The highest BCUT2D eigenvalue weighted by Gasteiger charge is 2.17. The molecule has 1 aromatic carbocycles. The van der Waals surface area contributed by atoms with Crippen LogP contribution in [0.2, 0.25) is 0 Å². The highest BCUT2D eigenvalue weighted by Crippen LogP contribution is 2.24. The van der Waals surface area contributed by atoms with Crippen LogP contribution in [0.1, 0.15) is 57.6 Å². The van der Waals surface area contributed by atoms with Crippen LogP contribution in [0.5, 0.6) is 0 Å².